The van der Waals surface area contributed by atoms with Gasteiger partial charge in [-0.05, 0) is 42.5 Å². The van der Waals surface area contributed by atoms with E-state index in [1.807, 2.05) is 42.6 Å². The van der Waals surface area contributed by atoms with Crippen molar-refractivity contribution in [1.82, 2.24) is 19.9 Å². The van der Waals surface area contributed by atoms with Gasteiger partial charge in [-0.15, -0.1) is 0 Å². The predicted octanol–water partition coefficient (Wildman–Crippen LogP) is 4.22. The number of rotatable bonds is 4. The molecule has 29 heavy (non-hydrogen) atoms. The molecule has 0 saturated heterocycles. The topological polar surface area (TPSA) is 95.7 Å². The van der Waals surface area contributed by atoms with Crippen molar-refractivity contribution < 1.29 is 4.74 Å². The minimum Gasteiger partial charge on any atom is -0.496 e. The van der Waals surface area contributed by atoms with Crippen LogP contribution in [0.2, 0.25) is 0 Å². The molecular weight excluding hydrogens is 366 g/mol. The minimum absolute atomic E-state index is 0.186. The van der Waals surface area contributed by atoms with Crippen molar-refractivity contribution in [2.45, 2.75) is 0 Å². The summed E-state index contributed by atoms with van der Waals surface area (Å²) in [5.41, 5.74) is 3.72. The van der Waals surface area contributed by atoms with Gasteiger partial charge in [0.2, 0.25) is 0 Å². The first-order chi connectivity index (χ1) is 14.2. The van der Waals surface area contributed by atoms with Gasteiger partial charge in [-0.25, -0.2) is 9.97 Å². The molecule has 7 nitrogen and oxygen atoms in total. The lowest BCUT2D eigenvalue weighted by Gasteiger charge is -2.13. The quantitative estimate of drug-likeness (QED) is 0.432. The third-order valence-corrected chi connectivity index (χ3v) is 4.88. The Morgan fingerprint density at radius 1 is 0.966 bits per heavy atom. The monoisotopic (exact) mass is 383 g/mol. The van der Waals surface area contributed by atoms with Crippen molar-refractivity contribution in [1.29, 1.82) is 0 Å². The van der Waals surface area contributed by atoms with E-state index in [0.717, 1.165) is 27.5 Å². The summed E-state index contributed by atoms with van der Waals surface area (Å²) in [6, 6.07) is 15.3. The number of nitrogens with one attached hydrogen (secondary N) is 3. The molecule has 0 atom stereocenters. The van der Waals surface area contributed by atoms with Crippen LogP contribution in [0, 0.1) is 0 Å². The molecule has 5 rings (SSSR count). The normalized spacial score (nSPS) is 11.1. The smallest absolute Gasteiger partial charge is 0.255 e. The Hall–Kier alpha value is -4.13. The highest BCUT2D eigenvalue weighted by molar-refractivity contribution is 5.96. The summed E-state index contributed by atoms with van der Waals surface area (Å²) >= 11 is 0. The van der Waals surface area contributed by atoms with Crippen LogP contribution in [0.3, 0.4) is 0 Å². The first-order valence-corrected chi connectivity index (χ1v) is 9.08. The molecule has 142 valence electrons. The van der Waals surface area contributed by atoms with Gasteiger partial charge in [0.25, 0.3) is 5.56 Å². The van der Waals surface area contributed by atoms with Crippen molar-refractivity contribution >= 4 is 33.3 Å². The Morgan fingerprint density at radius 3 is 2.76 bits per heavy atom. The molecule has 5 aromatic rings. The van der Waals surface area contributed by atoms with Crippen LogP contribution >= 0.6 is 0 Å². The number of fused-ring (bicyclic) bond motifs is 2. The zero-order valence-corrected chi connectivity index (χ0v) is 15.6. The number of aromatic nitrogens is 4. The summed E-state index contributed by atoms with van der Waals surface area (Å²) in [6.07, 6.45) is 5.02. The number of aromatic amines is 2. The van der Waals surface area contributed by atoms with Gasteiger partial charge in [0, 0.05) is 46.0 Å². The van der Waals surface area contributed by atoms with Gasteiger partial charge < -0.3 is 20.0 Å². The zero-order valence-electron chi connectivity index (χ0n) is 15.6. The zero-order chi connectivity index (χ0) is 19.8. The van der Waals surface area contributed by atoms with E-state index in [-0.39, 0.29) is 5.56 Å². The summed E-state index contributed by atoms with van der Waals surface area (Å²) in [4.78, 5) is 27.0. The van der Waals surface area contributed by atoms with E-state index >= 15 is 0 Å². The lowest BCUT2D eigenvalue weighted by molar-refractivity contribution is 0.417. The molecule has 0 amide bonds. The van der Waals surface area contributed by atoms with E-state index in [1.54, 1.807) is 25.4 Å². The molecule has 0 bridgehead atoms. The lowest BCUT2D eigenvalue weighted by atomic mass is 10.0. The molecular formula is C22H17N5O2. The summed E-state index contributed by atoms with van der Waals surface area (Å²) in [6.45, 7) is 0. The fourth-order valence-corrected chi connectivity index (χ4v) is 3.46. The minimum atomic E-state index is -0.186. The van der Waals surface area contributed by atoms with Crippen molar-refractivity contribution in [3.05, 3.63) is 77.6 Å². The highest BCUT2D eigenvalue weighted by Crippen LogP contribution is 2.34. The van der Waals surface area contributed by atoms with Gasteiger partial charge in [-0.3, -0.25) is 4.79 Å². The van der Waals surface area contributed by atoms with Crippen molar-refractivity contribution in [2.24, 2.45) is 0 Å². The average Bonchev–Trinajstić information content (AvgIpc) is 3.21. The van der Waals surface area contributed by atoms with E-state index < -0.39 is 0 Å². The van der Waals surface area contributed by atoms with E-state index in [2.05, 4.69) is 25.3 Å². The van der Waals surface area contributed by atoms with Gasteiger partial charge in [-0.2, -0.15) is 0 Å². The lowest BCUT2D eigenvalue weighted by Crippen LogP contribution is -2.08. The summed E-state index contributed by atoms with van der Waals surface area (Å²) in [7, 11) is 1.58. The Bertz CT molecular complexity index is 1400. The second kappa shape index (κ2) is 6.79. The maximum atomic E-state index is 12.3. The van der Waals surface area contributed by atoms with Crippen molar-refractivity contribution in [3.63, 3.8) is 0 Å². The number of nitrogens with zero attached hydrogens (tertiary/aromatic N) is 2. The van der Waals surface area contributed by atoms with Gasteiger partial charge in [-0.1, -0.05) is 0 Å². The Balaban J connectivity index is 1.67. The summed E-state index contributed by atoms with van der Waals surface area (Å²) in [5.74, 6) is 1.23. The van der Waals surface area contributed by atoms with Crippen LogP contribution in [-0.2, 0) is 0 Å². The fourth-order valence-electron chi connectivity index (χ4n) is 3.46. The molecule has 3 aromatic heterocycles. The third kappa shape index (κ3) is 2.98. The predicted molar refractivity (Wildman–Crippen MR) is 114 cm³/mol. The number of benzene rings is 2. The molecule has 3 heterocycles. The summed E-state index contributed by atoms with van der Waals surface area (Å²) in [5, 5.41) is 5.26. The van der Waals surface area contributed by atoms with Crippen molar-refractivity contribution in [2.75, 3.05) is 12.4 Å². The Kier molecular flexibility index (Phi) is 3.98. The third-order valence-electron chi connectivity index (χ3n) is 4.88. The number of methoxy groups -OCH3 is 1. The van der Waals surface area contributed by atoms with E-state index in [4.69, 9.17) is 4.74 Å². The van der Waals surface area contributed by atoms with Gasteiger partial charge in [0.15, 0.2) is 0 Å². The van der Waals surface area contributed by atoms with Crippen LogP contribution in [0.4, 0.5) is 11.5 Å². The van der Waals surface area contributed by atoms with E-state index in [9.17, 15) is 4.79 Å². The summed E-state index contributed by atoms with van der Waals surface area (Å²) < 4.78 is 5.52. The first-order valence-electron chi connectivity index (χ1n) is 9.08. The Morgan fingerprint density at radius 2 is 1.90 bits per heavy atom. The molecule has 0 unspecified atom stereocenters. The second-order valence-corrected chi connectivity index (χ2v) is 6.61. The number of anilines is 2. The SMILES string of the molecule is COc1cc2ncnc(Nc3ccc4[nH]ccc4c3)c2cc1-c1ccc[nH]c1=O. The largest absolute Gasteiger partial charge is 0.496 e. The molecule has 0 spiro atoms. The van der Waals surface area contributed by atoms with Crippen LogP contribution in [0.5, 0.6) is 5.75 Å². The molecule has 0 saturated carbocycles. The van der Waals surface area contributed by atoms with Crippen LogP contribution in [0.15, 0.2) is 72.0 Å². The molecule has 2 aromatic carbocycles. The van der Waals surface area contributed by atoms with Crippen LogP contribution in [0.25, 0.3) is 32.9 Å². The van der Waals surface area contributed by atoms with Gasteiger partial charge in [0.05, 0.1) is 18.2 Å². The second-order valence-electron chi connectivity index (χ2n) is 6.61. The molecule has 0 aliphatic rings. The number of H-pyrrole nitrogens is 2. The molecule has 0 radical (unpaired) electrons. The highest BCUT2D eigenvalue weighted by atomic mass is 16.5. The maximum Gasteiger partial charge on any atom is 0.255 e. The number of hydrogen-bond donors (Lipinski definition) is 3. The number of ether oxygens (including phenoxy) is 1. The van der Waals surface area contributed by atoms with Crippen LogP contribution in [-0.4, -0.2) is 27.0 Å². The molecule has 0 fully saturated rings. The van der Waals surface area contributed by atoms with Gasteiger partial charge >= 0.3 is 0 Å². The fraction of sp³-hybridized carbons (Fsp3) is 0.0455. The Labute approximate surface area is 165 Å². The number of hydrogen-bond acceptors (Lipinski definition) is 5. The molecule has 3 N–H and O–H groups in total. The molecule has 7 heteroatoms. The number of pyridine rings is 1. The highest BCUT2D eigenvalue weighted by Gasteiger charge is 2.14. The molecule has 0 aliphatic carbocycles. The standard InChI is InChI=1S/C22H17N5O2/c1-29-20-11-19-17(10-16(20)15-3-2-7-24-22(15)28)21(26-12-25-19)27-14-4-5-18-13(9-14)6-8-23-18/h2-12,23H,1H3,(H,24,28)(H,25,26,27). The van der Waals surface area contributed by atoms with Crippen molar-refractivity contribution in [3.8, 4) is 16.9 Å². The van der Waals surface area contributed by atoms with E-state index in [1.165, 1.54) is 6.33 Å². The van der Waals surface area contributed by atoms with Crippen LogP contribution < -0.4 is 15.6 Å². The first kappa shape index (κ1) is 17.0. The van der Waals surface area contributed by atoms with Gasteiger partial charge in [0.1, 0.15) is 17.9 Å². The maximum absolute atomic E-state index is 12.3. The molecule has 0 aliphatic heterocycles. The van der Waals surface area contributed by atoms with Crippen LogP contribution in [0.1, 0.15) is 0 Å². The van der Waals surface area contributed by atoms with E-state index in [0.29, 0.717) is 22.7 Å². The average molecular weight is 383 g/mol.